The van der Waals surface area contributed by atoms with E-state index in [4.69, 9.17) is 5.11 Å². The fourth-order valence-electron chi connectivity index (χ4n) is 2.41. The molecule has 2 aromatic heterocycles. The summed E-state index contributed by atoms with van der Waals surface area (Å²) >= 11 is 0. The minimum Gasteiger partial charge on any atom is -0.476 e. The molecule has 0 unspecified atom stereocenters. The lowest BCUT2D eigenvalue weighted by Gasteiger charge is -2.06. The van der Waals surface area contributed by atoms with Crippen molar-refractivity contribution < 1.29 is 18.7 Å². The maximum Gasteiger partial charge on any atom is 0.356 e. The molecule has 8 heteroatoms. The smallest absolute Gasteiger partial charge is 0.356 e. The van der Waals surface area contributed by atoms with Gasteiger partial charge in [0.05, 0.1) is 11.9 Å². The van der Waals surface area contributed by atoms with E-state index < -0.39 is 23.2 Å². The van der Waals surface area contributed by atoms with Gasteiger partial charge in [0, 0.05) is 11.1 Å². The zero-order valence-corrected chi connectivity index (χ0v) is 12.1. The van der Waals surface area contributed by atoms with E-state index in [0.717, 1.165) is 4.52 Å². The third-order valence-corrected chi connectivity index (χ3v) is 3.63. The zero-order chi connectivity index (χ0) is 16.9. The van der Waals surface area contributed by atoms with Crippen LogP contribution in [0.25, 0.3) is 16.8 Å². The van der Waals surface area contributed by atoms with Crippen molar-refractivity contribution in [2.24, 2.45) is 0 Å². The molecule has 6 nitrogen and oxygen atoms in total. The summed E-state index contributed by atoms with van der Waals surface area (Å²) in [7, 11) is 0. The maximum atomic E-state index is 14.1. The molecule has 0 spiro atoms. The predicted octanol–water partition coefficient (Wildman–Crippen LogP) is 2.28. The highest BCUT2D eigenvalue weighted by Crippen LogP contribution is 2.24. The number of aromatic carboxylic acids is 1. The number of carbonyl (C=O) groups is 1. The summed E-state index contributed by atoms with van der Waals surface area (Å²) in [5.74, 6) is -3.38. The third kappa shape index (κ3) is 2.19. The van der Waals surface area contributed by atoms with E-state index in [1.165, 1.54) is 32.2 Å². The van der Waals surface area contributed by atoms with Crippen LogP contribution in [0.2, 0.25) is 0 Å². The van der Waals surface area contributed by atoms with Crippen LogP contribution in [0.3, 0.4) is 0 Å². The number of nitrogens with one attached hydrogen (secondary N) is 1. The topological polar surface area (TPSA) is 87.5 Å². The minimum absolute atomic E-state index is 0.00154. The van der Waals surface area contributed by atoms with Crippen molar-refractivity contribution >= 4 is 11.5 Å². The second kappa shape index (κ2) is 5.01. The van der Waals surface area contributed by atoms with Gasteiger partial charge >= 0.3 is 5.97 Å². The van der Waals surface area contributed by atoms with Crippen molar-refractivity contribution in [3.05, 3.63) is 57.1 Å². The van der Waals surface area contributed by atoms with Crippen molar-refractivity contribution in [2.75, 3.05) is 0 Å². The number of halogens is 2. The quantitative estimate of drug-likeness (QED) is 0.758. The summed E-state index contributed by atoms with van der Waals surface area (Å²) in [6.07, 6.45) is 1.25. The van der Waals surface area contributed by atoms with Gasteiger partial charge in [0.25, 0.3) is 5.56 Å². The molecule has 0 atom stereocenters. The van der Waals surface area contributed by atoms with Crippen LogP contribution < -0.4 is 5.56 Å². The molecular weight excluding hydrogens is 308 g/mol. The van der Waals surface area contributed by atoms with Crippen LogP contribution in [0.5, 0.6) is 0 Å². The van der Waals surface area contributed by atoms with Gasteiger partial charge in [0.1, 0.15) is 5.52 Å². The van der Waals surface area contributed by atoms with Crippen molar-refractivity contribution in [1.82, 2.24) is 14.6 Å². The molecule has 2 heterocycles. The summed E-state index contributed by atoms with van der Waals surface area (Å²) in [6, 6.07) is 2.71. The first-order chi connectivity index (χ1) is 10.8. The van der Waals surface area contributed by atoms with Gasteiger partial charge in [-0.1, -0.05) is 6.07 Å². The predicted molar refractivity (Wildman–Crippen MR) is 77.6 cm³/mol. The summed E-state index contributed by atoms with van der Waals surface area (Å²) < 4.78 is 28.8. The Labute approximate surface area is 128 Å². The molecule has 23 heavy (non-hydrogen) atoms. The fraction of sp³-hybridized carbons (Fsp3) is 0.133. The Bertz CT molecular complexity index is 1020. The van der Waals surface area contributed by atoms with Crippen LogP contribution >= 0.6 is 0 Å². The number of nitrogens with zero attached hydrogens (tertiary/aromatic N) is 2. The van der Waals surface area contributed by atoms with Crippen molar-refractivity contribution in [3.8, 4) is 11.3 Å². The number of aromatic amines is 1. The number of fused-ring (bicyclic) bond motifs is 1. The number of aromatic nitrogens is 3. The number of H-pyrrole nitrogens is 1. The number of hydrogen-bond acceptors (Lipinski definition) is 3. The molecule has 118 valence electrons. The first-order valence-electron chi connectivity index (χ1n) is 6.61. The lowest BCUT2D eigenvalue weighted by atomic mass is 10.1. The Morgan fingerprint density at radius 2 is 1.96 bits per heavy atom. The second-order valence-corrected chi connectivity index (χ2v) is 5.13. The summed E-state index contributed by atoms with van der Waals surface area (Å²) in [5, 5.41) is 12.9. The van der Waals surface area contributed by atoms with Crippen LogP contribution in [0, 0.1) is 25.5 Å². The Balaban J connectivity index is 2.31. The number of carboxylic acid groups (broad SMARTS) is 1. The van der Waals surface area contributed by atoms with Gasteiger partial charge in [-0.3, -0.25) is 4.79 Å². The van der Waals surface area contributed by atoms with Gasteiger partial charge in [0.2, 0.25) is 0 Å². The van der Waals surface area contributed by atoms with Crippen molar-refractivity contribution in [1.29, 1.82) is 0 Å². The van der Waals surface area contributed by atoms with Gasteiger partial charge in [-0.15, -0.1) is 0 Å². The van der Waals surface area contributed by atoms with Gasteiger partial charge in [0.15, 0.2) is 17.3 Å². The van der Waals surface area contributed by atoms with Crippen LogP contribution in [0.1, 0.15) is 21.6 Å². The summed E-state index contributed by atoms with van der Waals surface area (Å²) in [4.78, 5) is 25.7. The van der Waals surface area contributed by atoms with E-state index in [-0.39, 0.29) is 33.6 Å². The van der Waals surface area contributed by atoms with Gasteiger partial charge in [-0.25, -0.2) is 18.1 Å². The highest BCUT2D eigenvalue weighted by atomic mass is 19.2. The molecule has 0 aliphatic carbocycles. The monoisotopic (exact) mass is 319 g/mol. The van der Waals surface area contributed by atoms with E-state index in [1.807, 2.05) is 0 Å². The SMILES string of the molecule is Cc1ccc(-c2cn3nc(C(=O)O)c(C)c3c(=O)[nH]2)c(F)c1F. The number of carboxylic acids is 1. The Morgan fingerprint density at radius 3 is 2.61 bits per heavy atom. The summed E-state index contributed by atoms with van der Waals surface area (Å²) in [5.41, 5.74) is -0.683. The van der Waals surface area contributed by atoms with Gasteiger partial charge in [-0.05, 0) is 25.5 Å². The third-order valence-electron chi connectivity index (χ3n) is 3.63. The van der Waals surface area contributed by atoms with Crippen molar-refractivity contribution in [2.45, 2.75) is 13.8 Å². The largest absolute Gasteiger partial charge is 0.476 e. The number of hydrogen-bond donors (Lipinski definition) is 2. The normalized spacial score (nSPS) is 11.1. The first-order valence-corrected chi connectivity index (χ1v) is 6.61. The number of rotatable bonds is 2. The van der Waals surface area contributed by atoms with Gasteiger partial charge in [-0.2, -0.15) is 5.10 Å². The number of benzene rings is 1. The lowest BCUT2D eigenvalue weighted by Crippen LogP contribution is -2.12. The molecule has 3 aromatic rings. The average Bonchev–Trinajstić information content (AvgIpc) is 2.82. The Hall–Kier alpha value is -3.03. The molecule has 0 aliphatic heterocycles. The lowest BCUT2D eigenvalue weighted by molar-refractivity contribution is 0.0689. The molecule has 2 N–H and O–H groups in total. The van der Waals surface area contributed by atoms with Gasteiger partial charge < -0.3 is 10.1 Å². The van der Waals surface area contributed by atoms with E-state index in [2.05, 4.69) is 10.1 Å². The molecule has 3 rings (SSSR count). The summed E-state index contributed by atoms with van der Waals surface area (Å²) in [6.45, 7) is 2.87. The van der Waals surface area contributed by atoms with Crippen LogP contribution in [-0.4, -0.2) is 25.7 Å². The van der Waals surface area contributed by atoms with E-state index >= 15 is 0 Å². The molecule has 0 bridgehead atoms. The average molecular weight is 319 g/mol. The first kappa shape index (κ1) is 14.9. The second-order valence-electron chi connectivity index (χ2n) is 5.13. The molecule has 0 aliphatic rings. The molecule has 1 aromatic carbocycles. The zero-order valence-electron chi connectivity index (χ0n) is 12.1. The van der Waals surface area contributed by atoms with Crippen molar-refractivity contribution in [3.63, 3.8) is 0 Å². The standard InChI is InChI=1S/C15H11F2N3O3/c1-6-3-4-8(11(17)10(6)16)9-5-20-13(14(21)18-9)7(2)12(19-20)15(22)23/h3-5H,1-2H3,(H,18,21)(H,22,23). The van der Waals surface area contributed by atoms with E-state index in [9.17, 15) is 18.4 Å². The van der Waals surface area contributed by atoms with Crippen LogP contribution in [-0.2, 0) is 0 Å². The Kier molecular flexibility index (Phi) is 3.24. The molecule has 0 saturated carbocycles. The molecular formula is C15H11F2N3O3. The number of aryl methyl sites for hydroxylation is 2. The van der Waals surface area contributed by atoms with Crippen LogP contribution in [0.4, 0.5) is 8.78 Å². The molecule has 0 saturated heterocycles. The fourth-order valence-corrected chi connectivity index (χ4v) is 2.41. The Morgan fingerprint density at radius 1 is 1.26 bits per heavy atom. The van der Waals surface area contributed by atoms with Crippen LogP contribution in [0.15, 0.2) is 23.1 Å². The minimum atomic E-state index is -1.28. The molecule has 0 radical (unpaired) electrons. The highest BCUT2D eigenvalue weighted by molar-refractivity contribution is 5.89. The molecule has 0 fully saturated rings. The highest BCUT2D eigenvalue weighted by Gasteiger charge is 2.20. The maximum absolute atomic E-state index is 14.1. The molecule has 0 amide bonds. The van der Waals surface area contributed by atoms with E-state index in [0.29, 0.717) is 0 Å². The van der Waals surface area contributed by atoms with E-state index in [1.54, 1.807) is 0 Å².